The smallest absolute Gasteiger partial charge is 0.306 e. The van der Waals surface area contributed by atoms with Crippen molar-refractivity contribution in [3.63, 3.8) is 0 Å². The van der Waals surface area contributed by atoms with Gasteiger partial charge in [-0.2, -0.15) is 0 Å². The molecular weight excluding hydrogens is 220 g/mol. The van der Waals surface area contributed by atoms with E-state index in [1.54, 1.807) is 6.92 Å². The molecule has 1 fully saturated rings. The van der Waals surface area contributed by atoms with Gasteiger partial charge in [0.2, 0.25) is 0 Å². The number of hydrogen-bond acceptors (Lipinski definition) is 3. The molecule has 1 unspecified atom stereocenters. The Hall–Kier alpha value is -1.55. The van der Waals surface area contributed by atoms with E-state index < -0.39 is 5.97 Å². The molecule has 17 heavy (non-hydrogen) atoms. The minimum atomic E-state index is -0.767. The highest BCUT2D eigenvalue weighted by atomic mass is 16.6. The number of aliphatic carboxylic acids is 1. The molecule has 0 radical (unpaired) electrons. The van der Waals surface area contributed by atoms with Crippen molar-refractivity contribution in [1.82, 2.24) is 0 Å². The maximum absolute atomic E-state index is 10.7. The van der Waals surface area contributed by atoms with E-state index in [4.69, 9.17) is 14.6 Å². The molecule has 4 nitrogen and oxygen atoms in total. The molecule has 2 rings (SSSR count). The van der Waals surface area contributed by atoms with E-state index in [2.05, 4.69) is 0 Å². The van der Waals surface area contributed by atoms with Crippen molar-refractivity contribution in [3.05, 3.63) is 29.8 Å². The van der Waals surface area contributed by atoms with Crippen molar-refractivity contribution in [1.29, 1.82) is 0 Å². The quantitative estimate of drug-likeness (QED) is 0.845. The summed E-state index contributed by atoms with van der Waals surface area (Å²) in [6.07, 6.45) is 0.709. The molecule has 0 aliphatic carbocycles. The van der Waals surface area contributed by atoms with Crippen molar-refractivity contribution in [2.75, 3.05) is 13.2 Å². The molecule has 1 atom stereocenters. The normalized spacial score (nSPS) is 17.2. The molecule has 1 aromatic rings. The Morgan fingerprint density at radius 3 is 2.59 bits per heavy atom. The molecule has 0 spiro atoms. The zero-order valence-electron chi connectivity index (χ0n) is 9.76. The summed E-state index contributed by atoms with van der Waals surface area (Å²) in [5.74, 6) is -0.316. The lowest BCUT2D eigenvalue weighted by Crippen LogP contribution is -2.38. The van der Waals surface area contributed by atoms with E-state index >= 15 is 0 Å². The summed E-state index contributed by atoms with van der Waals surface area (Å²) < 4.78 is 10.6. The van der Waals surface area contributed by atoms with Crippen molar-refractivity contribution in [3.8, 4) is 5.75 Å². The van der Waals surface area contributed by atoms with Crippen LogP contribution in [0, 0.1) is 5.92 Å². The van der Waals surface area contributed by atoms with Crippen LogP contribution in [0.2, 0.25) is 0 Å². The molecule has 1 aliphatic rings. The standard InChI is InChI=1S/C13H16O4/c1-9(13(14)15)6-10-2-4-11(5-3-10)17-12-7-16-8-12/h2-5,9,12H,6-8H2,1H3,(H,14,15). The van der Waals surface area contributed by atoms with Gasteiger partial charge in [-0.3, -0.25) is 4.79 Å². The Morgan fingerprint density at radius 1 is 1.47 bits per heavy atom. The maximum atomic E-state index is 10.7. The zero-order valence-corrected chi connectivity index (χ0v) is 9.76. The first kappa shape index (κ1) is 11.9. The van der Waals surface area contributed by atoms with Crippen LogP contribution < -0.4 is 4.74 Å². The number of carboxylic acids is 1. The number of carbonyl (C=O) groups is 1. The van der Waals surface area contributed by atoms with Gasteiger partial charge in [-0.25, -0.2) is 0 Å². The largest absolute Gasteiger partial charge is 0.486 e. The van der Waals surface area contributed by atoms with Crippen LogP contribution >= 0.6 is 0 Å². The van der Waals surface area contributed by atoms with E-state index in [1.165, 1.54) is 0 Å². The van der Waals surface area contributed by atoms with Crippen LogP contribution in [0.4, 0.5) is 0 Å². The molecule has 4 heteroatoms. The molecule has 1 N–H and O–H groups in total. The van der Waals surface area contributed by atoms with Gasteiger partial charge in [0.25, 0.3) is 0 Å². The Bertz CT molecular complexity index is 381. The fraction of sp³-hybridized carbons (Fsp3) is 0.462. The molecule has 0 amide bonds. The predicted molar refractivity (Wildman–Crippen MR) is 62.2 cm³/mol. The molecular formula is C13H16O4. The highest BCUT2D eigenvalue weighted by molar-refractivity contribution is 5.69. The van der Waals surface area contributed by atoms with Gasteiger partial charge < -0.3 is 14.6 Å². The number of carboxylic acid groups (broad SMARTS) is 1. The molecule has 1 heterocycles. The van der Waals surface area contributed by atoms with Gasteiger partial charge in [0.1, 0.15) is 11.9 Å². The van der Waals surface area contributed by atoms with Gasteiger partial charge in [-0.05, 0) is 24.1 Å². The molecule has 1 saturated heterocycles. The van der Waals surface area contributed by atoms with Crippen LogP contribution in [-0.2, 0) is 16.0 Å². The first-order chi connectivity index (χ1) is 8.15. The molecule has 0 bridgehead atoms. The lowest BCUT2D eigenvalue weighted by atomic mass is 10.0. The van der Waals surface area contributed by atoms with E-state index in [0.717, 1.165) is 11.3 Å². The van der Waals surface area contributed by atoms with E-state index in [1.807, 2.05) is 24.3 Å². The highest BCUT2D eigenvalue weighted by Gasteiger charge is 2.20. The third-order valence-electron chi connectivity index (χ3n) is 2.80. The van der Waals surface area contributed by atoms with Crippen LogP contribution in [0.3, 0.4) is 0 Å². The van der Waals surface area contributed by atoms with Crippen molar-refractivity contribution >= 4 is 5.97 Å². The summed E-state index contributed by atoms with van der Waals surface area (Å²) >= 11 is 0. The van der Waals surface area contributed by atoms with Crippen molar-refractivity contribution in [2.45, 2.75) is 19.4 Å². The van der Waals surface area contributed by atoms with Crippen LogP contribution in [0.25, 0.3) is 0 Å². The Balaban J connectivity index is 1.90. The summed E-state index contributed by atoms with van der Waals surface area (Å²) in [6, 6.07) is 7.58. The molecule has 1 aliphatic heterocycles. The average molecular weight is 236 g/mol. The number of ether oxygens (including phenoxy) is 2. The summed E-state index contributed by atoms with van der Waals surface area (Å²) in [4.78, 5) is 10.7. The van der Waals surface area contributed by atoms with E-state index in [-0.39, 0.29) is 12.0 Å². The van der Waals surface area contributed by atoms with Crippen LogP contribution in [0.15, 0.2) is 24.3 Å². The summed E-state index contributed by atoms with van der Waals surface area (Å²) in [6.45, 7) is 3.01. The Kier molecular flexibility index (Phi) is 3.64. The summed E-state index contributed by atoms with van der Waals surface area (Å²) in [5, 5.41) is 8.82. The van der Waals surface area contributed by atoms with Gasteiger partial charge in [-0.1, -0.05) is 19.1 Å². The molecule has 1 aromatic carbocycles. The fourth-order valence-electron chi connectivity index (χ4n) is 1.62. The van der Waals surface area contributed by atoms with E-state index in [9.17, 15) is 4.79 Å². The van der Waals surface area contributed by atoms with Crippen LogP contribution in [0.1, 0.15) is 12.5 Å². The predicted octanol–water partition coefficient (Wildman–Crippen LogP) is 1.73. The van der Waals surface area contributed by atoms with Gasteiger partial charge in [-0.15, -0.1) is 0 Å². The van der Waals surface area contributed by atoms with E-state index in [0.29, 0.717) is 19.6 Å². The number of hydrogen-bond donors (Lipinski definition) is 1. The lowest BCUT2D eigenvalue weighted by molar-refractivity contribution is -0.141. The Labute approximate surface area is 100 Å². The van der Waals surface area contributed by atoms with Crippen LogP contribution in [0.5, 0.6) is 5.75 Å². The average Bonchev–Trinajstić information content (AvgIpc) is 2.25. The highest BCUT2D eigenvalue weighted by Crippen LogP contribution is 2.18. The zero-order chi connectivity index (χ0) is 12.3. The molecule has 0 aromatic heterocycles. The second kappa shape index (κ2) is 5.19. The SMILES string of the molecule is CC(Cc1ccc(OC2COC2)cc1)C(=O)O. The van der Waals surface area contributed by atoms with Gasteiger partial charge in [0.05, 0.1) is 19.1 Å². The number of benzene rings is 1. The summed E-state index contributed by atoms with van der Waals surface area (Å²) in [5.41, 5.74) is 1.01. The van der Waals surface area contributed by atoms with Gasteiger partial charge in [0, 0.05) is 0 Å². The summed E-state index contributed by atoms with van der Waals surface area (Å²) in [7, 11) is 0. The third-order valence-corrected chi connectivity index (χ3v) is 2.80. The topological polar surface area (TPSA) is 55.8 Å². The first-order valence-electron chi connectivity index (χ1n) is 5.71. The molecule has 0 saturated carbocycles. The third kappa shape index (κ3) is 3.20. The second-order valence-electron chi connectivity index (χ2n) is 4.36. The first-order valence-corrected chi connectivity index (χ1v) is 5.71. The lowest BCUT2D eigenvalue weighted by Gasteiger charge is -2.26. The van der Waals surface area contributed by atoms with Crippen molar-refractivity contribution < 1.29 is 19.4 Å². The van der Waals surface area contributed by atoms with Gasteiger partial charge in [0.15, 0.2) is 0 Å². The number of rotatable bonds is 5. The minimum absolute atomic E-state index is 0.166. The second-order valence-corrected chi connectivity index (χ2v) is 4.36. The monoisotopic (exact) mass is 236 g/mol. The van der Waals surface area contributed by atoms with Crippen LogP contribution in [-0.4, -0.2) is 30.4 Å². The van der Waals surface area contributed by atoms with Crippen molar-refractivity contribution in [2.24, 2.45) is 5.92 Å². The maximum Gasteiger partial charge on any atom is 0.306 e. The Morgan fingerprint density at radius 2 is 2.12 bits per heavy atom. The fourth-order valence-corrected chi connectivity index (χ4v) is 1.62. The van der Waals surface area contributed by atoms with Gasteiger partial charge >= 0.3 is 5.97 Å². The minimum Gasteiger partial charge on any atom is -0.486 e. The molecule has 92 valence electrons.